The average Bonchev–Trinajstić information content (AvgIpc) is 3.24. The van der Waals surface area contributed by atoms with E-state index in [1.165, 1.54) is 0 Å². The lowest BCUT2D eigenvalue weighted by atomic mass is 10.0. The van der Waals surface area contributed by atoms with E-state index >= 15 is 0 Å². The number of phenolic OH excluding ortho intramolecular Hbond substituents is 1. The fraction of sp³-hybridized carbons (Fsp3) is 0.571. The third-order valence-corrected chi connectivity index (χ3v) is 6.04. The van der Waals surface area contributed by atoms with Crippen molar-refractivity contribution in [1.29, 1.82) is 0 Å². The number of nitrogens with one attached hydrogen (secondary N) is 1. The SMILES string of the molecule is Cc1cc(CN2CCC[C@@H]2c2cc3n(n2)[C@@H](C(F)(F)F)C[C@@H](C)N3)cc(C)c1O. The van der Waals surface area contributed by atoms with Crippen LogP contribution >= 0.6 is 0 Å². The summed E-state index contributed by atoms with van der Waals surface area (Å²) in [5.41, 5.74) is 3.45. The molecule has 2 N–H and O–H groups in total. The van der Waals surface area contributed by atoms with E-state index in [9.17, 15) is 18.3 Å². The minimum Gasteiger partial charge on any atom is -0.507 e. The number of anilines is 1. The second-order valence-electron chi connectivity index (χ2n) is 8.44. The highest BCUT2D eigenvalue weighted by molar-refractivity contribution is 5.43. The minimum atomic E-state index is -4.31. The molecule has 29 heavy (non-hydrogen) atoms. The van der Waals surface area contributed by atoms with Crippen LogP contribution in [0.3, 0.4) is 0 Å². The summed E-state index contributed by atoms with van der Waals surface area (Å²) in [7, 11) is 0. The zero-order chi connectivity index (χ0) is 20.9. The van der Waals surface area contributed by atoms with Crippen molar-refractivity contribution in [3.05, 3.63) is 40.6 Å². The maximum absolute atomic E-state index is 13.5. The molecule has 4 rings (SSSR count). The fourth-order valence-corrected chi connectivity index (χ4v) is 4.66. The van der Waals surface area contributed by atoms with Crippen LogP contribution in [0.15, 0.2) is 18.2 Å². The summed E-state index contributed by atoms with van der Waals surface area (Å²) in [5, 5.41) is 17.6. The van der Waals surface area contributed by atoms with Gasteiger partial charge in [0.25, 0.3) is 0 Å². The van der Waals surface area contributed by atoms with Crippen molar-refractivity contribution in [2.75, 3.05) is 11.9 Å². The molecule has 0 saturated carbocycles. The largest absolute Gasteiger partial charge is 0.507 e. The number of phenols is 1. The van der Waals surface area contributed by atoms with E-state index < -0.39 is 12.2 Å². The summed E-state index contributed by atoms with van der Waals surface area (Å²) in [4.78, 5) is 2.27. The number of aromatic hydroxyl groups is 1. The Morgan fingerprint density at radius 1 is 1.21 bits per heavy atom. The highest BCUT2D eigenvalue weighted by Crippen LogP contribution is 2.41. The molecule has 1 aromatic carbocycles. The highest BCUT2D eigenvalue weighted by Gasteiger charge is 2.46. The summed E-state index contributed by atoms with van der Waals surface area (Å²) in [6.45, 7) is 7.08. The standard InChI is InChI=1S/C21H27F3N4O/c1-12-7-15(8-13(2)20(12)29)11-27-6-4-5-17(27)16-10-19-25-14(3)9-18(21(22,23)24)28(19)26-16/h7-8,10,14,17-18,25,29H,4-6,9,11H2,1-3H3/t14-,17-,18-/m1/s1. The summed E-state index contributed by atoms with van der Waals surface area (Å²) < 4.78 is 41.7. The lowest BCUT2D eigenvalue weighted by Crippen LogP contribution is -2.37. The normalized spacial score (nSPS) is 25.1. The van der Waals surface area contributed by atoms with Crippen molar-refractivity contribution in [3.8, 4) is 5.75 Å². The molecule has 1 fully saturated rings. The topological polar surface area (TPSA) is 53.3 Å². The predicted octanol–water partition coefficient (Wildman–Crippen LogP) is 4.85. The van der Waals surface area contributed by atoms with Gasteiger partial charge in [-0.1, -0.05) is 12.1 Å². The number of aryl methyl sites for hydroxylation is 2. The van der Waals surface area contributed by atoms with E-state index in [1.807, 2.05) is 26.0 Å². The van der Waals surface area contributed by atoms with Crippen LogP contribution in [0, 0.1) is 13.8 Å². The van der Waals surface area contributed by atoms with Crippen molar-refractivity contribution in [2.45, 2.75) is 70.9 Å². The second-order valence-corrected chi connectivity index (χ2v) is 8.44. The summed E-state index contributed by atoms with van der Waals surface area (Å²) >= 11 is 0. The average molecular weight is 408 g/mol. The first kappa shape index (κ1) is 20.1. The molecule has 0 unspecified atom stereocenters. The van der Waals surface area contributed by atoms with Gasteiger partial charge in [0.2, 0.25) is 0 Å². The molecule has 5 nitrogen and oxygen atoms in total. The van der Waals surface area contributed by atoms with Gasteiger partial charge in [-0.25, -0.2) is 4.68 Å². The smallest absolute Gasteiger partial charge is 0.410 e. The number of fused-ring (bicyclic) bond motifs is 1. The predicted molar refractivity (Wildman–Crippen MR) is 105 cm³/mol. The van der Waals surface area contributed by atoms with Crippen molar-refractivity contribution >= 4 is 5.82 Å². The Balaban J connectivity index is 1.60. The number of rotatable bonds is 3. The Labute approximate surface area is 168 Å². The van der Waals surface area contributed by atoms with Gasteiger partial charge < -0.3 is 10.4 Å². The van der Waals surface area contributed by atoms with E-state index in [4.69, 9.17) is 0 Å². The van der Waals surface area contributed by atoms with Crippen LogP contribution in [0.2, 0.25) is 0 Å². The monoisotopic (exact) mass is 408 g/mol. The van der Waals surface area contributed by atoms with Crippen LogP contribution < -0.4 is 5.32 Å². The van der Waals surface area contributed by atoms with E-state index in [0.717, 1.165) is 40.8 Å². The molecule has 2 aliphatic heterocycles. The first-order valence-corrected chi connectivity index (χ1v) is 10.1. The highest BCUT2D eigenvalue weighted by atomic mass is 19.4. The van der Waals surface area contributed by atoms with Gasteiger partial charge in [-0.2, -0.15) is 18.3 Å². The minimum absolute atomic E-state index is 0.00601. The number of nitrogens with zero attached hydrogens (tertiary/aromatic N) is 3. The number of likely N-dealkylation sites (tertiary alicyclic amines) is 1. The maximum atomic E-state index is 13.5. The van der Waals surface area contributed by atoms with Crippen molar-refractivity contribution in [2.24, 2.45) is 0 Å². The quantitative estimate of drug-likeness (QED) is 0.762. The van der Waals surface area contributed by atoms with E-state index in [1.54, 1.807) is 13.0 Å². The van der Waals surface area contributed by atoms with Crippen LogP contribution in [-0.2, 0) is 6.54 Å². The molecule has 8 heteroatoms. The van der Waals surface area contributed by atoms with Gasteiger partial charge in [0.05, 0.1) is 11.7 Å². The Morgan fingerprint density at radius 2 is 1.90 bits per heavy atom. The third kappa shape index (κ3) is 3.82. The Morgan fingerprint density at radius 3 is 2.55 bits per heavy atom. The van der Waals surface area contributed by atoms with E-state index in [-0.39, 0.29) is 18.5 Å². The second kappa shape index (κ2) is 7.23. The molecule has 3 atom stereocenters. The zero-order valence-corrected chi connectivity index (χ0v) is 16.9. The molecule has 2 aliphatic rings. The van der Waals surface area contributed by atoms with E-state index in [2.05, 4.69) is 15.3 Å². The first-order valence-electron chi connectivity index (χ1n) is 10.1. The van der Waals surface area contributed by atoms with Crippen molar-refractivity contribution in [3.63, 3.8) is 0 Å². The fourth-order valence-electron chi connectivity index (χ4n) is 4.66. The number of hydrogen-bond acceptors (Lipinski definition) is 4. The number of halogens is 3. The van der Waals surface area contributed by atoms with Crippen LogP contribution in [0.4, 0.5) is 19.0 Å². The molecule has 0 radical (unpaired) electrons. The molecule has 0 amide bonds. The molecule has 0 spiro atoms. The van der Waals surface area contributed by atoms with Crippen molar-refractivity contribution < 1.29 is 18.3 Å². The number of aromatic nitrogens is 2. The molecule has 1 aromatic heterocycles. The van der Waals surface area contributed by atoms with Gasteiger partial charge in [0.15, 0.2) is 6.04 Å². The van der Waals surface area contributed by atoms with Gasteiger partial charge >= 0.3 is 6.18 Å². The summed E-state index contributed by atoms with van der Waals surface area (Å²) in [6.07, 6.45) is -2.48. The molecule has 0 bridgehead atoms. The molecule has 0 aliphatic carbocycles. The molecular weight excluding hydrogens is 381 g/mol. The lowest BCUT2D eigenvalue weighted by Gasteiger charge is -2.31. The Bertz CT molecular complexity index is 885. The summed E-state index contributed by atoms with van der Waals surface area (Å²) in [5.74, 6) is 0.760. The molecule has 1 saturated heterocycles. The summed E-state index contributed by atoms with van der Waals surface area (Å²) in [6, 6.07) is 3.89. The van der Waals surface area contributed by atoms with Gasteiger partial charge in [-0.15, -0.1) is 0 Å². The maximum Gasteiger partial charge on any atom is 0.410 e. The van der Waals surface area contributed by atoms with Crippen LogP contribution in [0.25, 0.3) is 0 Å². The molecular formula is C21H27F3N4O. The third-order valence-electron chi connectivity index (χ3n) is 6.04. The van der Waals surface area contributed by atoms with Crippen molar-refractivity contribution in [1.82, 2.24) is 14.7 Å². The first-order chi connectivity index (χ1) is 13.6. The van der Waals surface area contributed by atoms with Gasteiger partial charge in [0.1, 0.15) is 11.6 Å². The van der Waals surface area contributed by atoms with Crippen LogP contribution in [0.1, 0.15) is 60.7 Å². The molecule has 3 heterocycles. The number of benzene rings is 1. The molecule has 2 aromatic rings. The van der Waals surface area contributed by atoms with Gasteiger partial charge in [0, 0.05) is 18.7 Å². The van der Waals surface area contributed by atoms with Gasteiger partial charge in [-0.3, -0.25) is 4.90 Å². The van der Waals surface area contributed by atoms with Crippen LogP contribution in [-0.4, -0.2) is 38.5 Å². The Kier molecular flexibility index (Phi) is 5.01. The van der Waals surface area contributed by atoms with Crippen LogP contribution in [0.5, 0.6) is 5.75 Å². The zero-order valence-electron chi connectivity index (χ0n) is 16.9. The number of alkyl halides is 3. The molecule has 158 valence electrons. The Hall–Kier alpha value is -2.22. The lowest BCUT2D eigenvalue weighted by molar-refractivity contribution is -0.173. The van der Waals surface area contributed by atoms with E-state index in [0.29, 0.717) is 23.8 Å². The van der Waals surface area contributed by atoms with Gasteiger partial charge in [-0.05, 0) is 63.3 Å². The number of hydrogen-bond donors (Lipinski definition) is 2.